The van der Waals surface area contributed by atoms with Crippen LogP contribution in [0.3, 0.4) is 0 Å². The number of aromatic nitrogens is 3. The van der Waals surface area contributed by atoms with E-state index in [4.69, 9.17) is 8.94 Å². The Balaban J connectivity index is 1.43. The lowest BCUT2D eigenvalue weighted by molar-refractivity contribution is -0.115. The minimum Gasteiger partial charge on any atom is -0.416 e. The van der Waals surface area contributed by atoms with Gasteiger partial charge in [0, 0.05) is 24.7 Å². The maximum absolute atomic E-state index is 11.8. The predicted molar refractivity (Wildman–Crippen MR) is 98.1 cm³/mol. The molecule has 7 nitrogen and oxygen atoms in total. The zero-order valence-corrected chi connectivity index (χ0v) is 15.5. The maximum Gasteiger partial charge on any atom is 0.276 e. The number of amides is 1. The van der Waals surface area contributed by atoms with Crippen LogP contribution in [0.1, 0.15) is 36.5 Å². The Morgan fingerprint density at radius 3 is 2.81 bits per heavy atom. The fourth-order valence-corrected chi connectivity index (χ4v) is 3.12. The van der Waals surface area contributed by atoms with E-state index in [1.54, 1.807) is 13.0 Å². The Morgan fingerprint density at radius 2 is 2.08 bits per heavy atom. The summed E-state index contributed by atoms with van der Waals surface area (Å²) in [4.78, 5) is 11.8. The van der Waals surface area contributed by atoms with Gasteiger partial charge in [0.2, 0.25) is 11.8 Å². The molecule has 1 amide bonds. The molecule has 3 rings (SSSR count). The van der Waals surface area contributed by atoms with Crippen LogP contribution in [0.2, 0.25) is 0 Å². The molecule has 0 bridgehead atoms. The van der Waals surface area contributed by atoms with E-state index in [1.165, 1.54) is 17.3 Å². The Hall–Kier alpha value is -2.61. The monoisotopic (exact) mass is 372 g/mol. The van der Waals surface area contributed by atoms with Crippen LogP contribution in [0.5, 0.6) is 0 Å². The summed E-state index contributed by atoms with van der Waals surface area (Å²) in [6.45, 7) is 3.90. The van der Waals surface area contributed by atoms with Crippen LogP contribution in [-0.4, -0.2) is 27.0 Å². The average Bonchev–Trinajstić information content (AvgIpc) is 3.24. The summed E-state index contributed by atoms with van der Waals surface area (Å²) < 4.78 is 10.6. The Morgan fingerprint density at radius 1 is 1.27 bits per heavy atom. The van der Waals surface area contributed by atoms with Gasteiger partial charge in [-0.25, -0.2) is 0 Å². The molecule has 26 heavy (non-hydrogen) atoms. The predicted octanol–water partition coefficient (Wildman–Crippen LogP) is 3.83. The van der Waals surface area contributed by atoms with E-state index >= 15 is 0 Å². The zero-order valence-electron chi connectivity index (χ0n) is 14.6. The fourth-order valence-electron chi connectivity index (χ4n) is 2.40. The van der Waals surface area contributed by atoms with Gasteiger partial charge in [0.1, 0.15) is 5.76 Å². The van der Waals surface area contributed by atoms with Gasteiger partial charge in [0.05, 0.1) is 0 Å². The molecule has 0 fully saturated rings. The third-order valence-electron chi connectivity index (χ3n) is 3.75. The van der Waals surface area contributed by atoms with Crippen molar-refractivity contribution in [3.63, 3.8) is 0 Å². The molecule has 1 unspecified atom stereocenters. The van der Waals surface area contributed by atoms with E-state index in [2.05, 4.69) is 39.7 Å². The molecule has 136 valence electrons. The Labute approximate surface area is 155 Å². The third kappa shape index (κ3) is 5.19. The van der Waals surface area contributed by atoms with Crippen LogP contribution in [0.4, 0.5) is 5.82 Å². The van der Waals surface area contributed by atoms with Gasteiger partial charge in [-0.05, 0) is 18.4 Å². The maximum atomic E-state index is 11.8. The molecule has 0 aliphatic heterocycles. The van der Waals surface area contributed by atoms with Crippen LogP contribution >= 0.6 is 11.8 Å². The normalized spacial score (nSPS) is 12.1. The van der Waals surface area contributed by atoms with Crippen LogP contribution in [0.15, 0.2) is 50.6 Å². The number of anilines is 1. The molecule has 0 radical (unpaired) electrons. The van der Waals surface area contributed by atoms with E-state index in [0.29, 0.717) is 47.2 Å². The molecule has 1 aromatic carbocycles. The molecule has 0 saturated heterocycles. The van der Waals surface area contributed by atoms with Crippen molar-refractivity contribution in [2.75, 3.05) is 11.1 Å². The minimum absolute atomic E-state index is 0.136. The second-order valence-corrected chi connectivity index (χ2v) is 6.99. The first-order valence-electron chi connectivity index (χ1n) is 8.33. The van der Waals surface area contributed by atoms with Crippen molar-refractivity contribution in [3.05, 3.63) is 53.6 Å². The second kappa shape index (κ2) is 8.66. The number of thioether (sulfide) groups is 1. The summed E-state index contributed by atoms with van der Waals surface area (Å²) in [6, 6.07) is 11.9. The molecule has 8 heteroatoms. The van der Waals surface area contributed by atoms with Crippen LogP contribution < -0.4 is 5.32 Å². The number of carbonyl (C=O) groups excluding carboxylic acids is 1. The number of carbonyl (C=O) groups is 1. The summed E-state index contributed by atoms with van der Waals surface area (Å²) >= 11 is 1.36. The molecule has 0 spiro atoms. The third-order valence-corrected chi connectivity index (χ3v) is 4.57. The molecule has 2 aromatic heterocycles. The number of nitrogens with zero attached hydrogens (tertiary/aromatic N) is 3. The highest BCUT2D eigenvalue weighted by Crippen LogP contribution is 2.22. The van der Waals surface area contributed by atoms with Gasteiger partial charge in [-0.1, -0.05) is 54.2 Å². The van der Waals surface area contributed by atoms with Gasteiger partial charge in [-0.3, -0.25) is 4.79 Å². The van der Waals surface area contributed by atoms with Crippen molar-refractivity contribution in [1.29, 1.82) is 0 Å². The zero-order chi connectivity index (χ0) is 18.4. The SMILES string of the molecule is Cc1cc(NC(=O)CCSc2nnc(CC(C)c3ccccc3)o2)no1. The number of hydrogen-bond donors (Lipinski definition) is 1. The Bertz CT molecular complexity index is 847. The van der Waals surface area contributed by atoms with Crippen LogP contribution in [0, 0.1) is 6.92 Å². The summed E-state index contributed by atoms with van der Waals surface area (Å²) in [5.41, 5.74) is 1.24. The van der Waals surface area contributed by atoms with E-state index in [1.807, 2.05) is 18.2 Å². The molecule has 3 aromatic rings. The van der Waals surface area contributed by atoms with E-state index in [-0.39, 0.29) is 5.91 Å². The van der Waals surface area contributed by atoms with E-state index in [0.717, 1.165) is 0 Å². The summed E-state index contributed by atoms with van der Waals surface area (Å²) in [6.07, 6.45) is 0.998. The van der Waals surface area contributed by atoms with Gasteiger partial charge in [0.15, 0.2) is 5.82 Å². The first kappa shape index (κ1) is 18.2. The minimum atomic E-state index is -0.136. The van der Waals surface area contributed by atoms with Crippen molar-refractivity contribution >= 4 is 23.5 Å². The van der Waals surface area contributed by atoms with Gasteiger partial charge in [-0.15, -0.1) is 10.2 Å². The highest BCUT2D eigenvalue weighted by atomic mass is 32.2. The highest BCUT2D eigenvalue weighted by molar-refractivity contribution is 7.99. The largest absolute Gasteiger partial charge is 0.416 e. The molecular weight excluding hydrogens is 352 g/mol. The molecular formula is C18H20N4O3S. The smallest absolute Gasteiger partial charge is 0.276 e. The van der Waals surface area contributed by atoms with Gasteiger partial charge in [-0.2, -0.15) is 0 Å². The lowest BCUT2D eigenvalue weighted by Crippen LogP contribution is -2.12. The summed E-state index contributed by atoms with van der Waals surface area (Å²) in [5.74, 6) is 2.38. The molecule has 1 N–H and O–H groups in total. The van der Waals surface area contributed by atoms with Crippen molar-refractivity contribution in [1.82, 2.24) is 15.4 Å². The van der Waals surface area contributed by atoms with Crippen molar-refractivity contribution in [2.24, 2.45) is 0 Å². The number of benzene rings is 1. The number of aryl methyl sites for hydroxylation is 1. The van der Waals surface area contributed by atoms with Crippen LogP contribution in [0.25, 0.3) is 0 Å². The summed E-state index contributed by atoms with van der Waals surface area (Å²) in [7, 11) is 0. The number of nitrogens with one attached hydrogen (secondary N) is 1. The standard InChI is InChI=1S/C18H20N4O3S/c1-12(14-6-4-3-5-7-14)10-17-20-21-18(24-17)26-9-8-16(23)19-15-11-13(2)25-22-15/h3-7,11-12H,8-10H2,1-2H3,(H,19,22,23). The topological polar surface area (TPSA) is 94.1 Å². The van der Waals surface area contributed by atoms with Crippen LogP contribution in [-0.2, 0) is 11.2 Å². The lowest BCUT2D eigenvalue weighted by Gasteiger charge is -2.08. The van der Waals surface area contributed by atoms with Gasteiger partial charge in [0.25, 0.3) is 5.22 Å². The van der Waals surface area contributed by atoms with Gasteiger partial charge >= 0.3 is 0 Å². The van der Waals surface area contributed by atoms with E-state index in [9.17, 15) is 4.79 Å². The molecule has 0 aliphatic carbocycles. The number of hydrogen-bond acceptors (Lipinski definition) is 7. The summed E-state index contributed by atoms with van der Waals surface area (Å²) in [5, 5.41) is 15.0. The Kier molecular flexibility index (Phi) is 6.06. The van der Waals surface area contributed by atoms with Crippen molar-refractivity contribution in [2.45, 2.75) is 37.8 Å². The molecule has 2 heterocycles. The quantitative estimate of drug-likeness (QED) is 0.600. The highest BCUT2D eigenvalue weighted by Gasteiger charge is 2.13. The molecule has 1 atom stereocenters. The average molecular weight is 372 g/mol. The molecule has 0 aliphatic rings. The fraction of sp³-hybridized carbons (Fsp3) is 0.333. The second-order valence-electron chi connectivity index (χ2n) is 5.95. The van der Waals surface area contributed by atoms with Crippen molar-refractivity contribution in [3.8, 4) is 0 Å². The van der Waals surface area contributed by atoms with Gasteiger partial charge < -0.3 is 14.3 Å². The van der Waals surface area contributed by atoms with E-state index < -0.39 is 0 Å². The van der Waals surface area contributed by atoms with Crippen molar-refractivity contribution < 1.29 is 13.7 Å². The molecule has 0 saturated carbocycles. The first-order chi connectivity index (χ1) is 12.6. The lowest BCUT2D eigenvalue weighted by atomic mass is 9.98. The number of rotatable bonds is 8. The first-order valence-corrected chi connectivity index (χ1v) is 9.32.